The molecular weight excluding hydrogens is 338 g/mol. The molecule has 6 heteroatoms. The van der Waals surface area contributed by atoms with E-state index in [9.17, 15) is 4.79 Å². The average molecular weight is 367 g/mol. The molecule has 1 N–H and O–H groups in total. The molecule has 6 nitrogen and oxygen atoms in total. The van der Waals surface area contributed by atoms with Crippen LogP contribution < -0.4 is 10.2 Å². The number of amides is 1. The van der Waals surface area contributed by atoms with E-state index in [2.05, 4.69) is 58.3 Å². The predicted octanol–water partition coefficient (Wildman–Crippen LogP) is 3.35. The fourth-order valence-electron chi connectivity index (χ4n) is 3.28. The Kier molecular flexibility index (Phi) is 6.63. The number of carbonyl (C=O) groups is 1. The summed E-state index contributed by atoms with van der Waals surface area (Å²) in [6, 6.07) is 8.51. The highest BCUT2D eigenvalue weighted by molar-refractivity contribution is 5.93. The van der Waals surface area contributed by atoms with Gasteiger partial charge < -0.3 is 15.1 Å². The predicted molar refractivity (Wildman–Crippen MR) is 109 cm³/mol. The number of anilines is 2. The molecule has 2 heterocycles. The topological polar surface area (TPSA) is 61.4 Å². The highest BCUT2D eigenvalue weighted by atomic mass is 16.2. The van der Waals surface area contributed by atoms with Crippen LogP contribution in [-0.4, -0.2) is 53.5 Å². The molecule has 0 aliphatic carbocycles. The number of benzene rings is 1. The van der Waals surface area contributed by atoms with Crippen molar-refractivity contribution in [2.24, 2.45) is 0 Å². The van der Waals surface area contributed by atoms with Gasteiger partial charge in [0.15, 0.2) is 0 Å². The van der Waals surface area contributed by atoms with Crippen LogP contribution >= 0.6 is 0 Å². The van der Waals surface area contributed by atoms with Crippen LogP contribution in [0.5, 0.6) is 0 Å². The van der Waals surface area contributed by atoms with Crippen LogP contribution in [0.3, 0.4) is 0 Å². The second-order valence-corrected chi connectivity index (χ2v) is 7.05. The molecule has 1 aromatic carbocycles. The summed E-state index contributed by atoms with van der Waals surface area (Å²) in [6.45, 7) is 8.25. The summed E-state index contributed by atoms with van der Waals surface area (Å²) in [6.07, 6.45) is 6.74. The second-order valence-electron chi connectivity index (χ2n) is 7.05. The summed E-state index contributed by atoms with van der Waals surface area (Å²) in [5.41, 5.74) is 3.04. The second kappa shape index (κ2) is 9.35. The molecule has 1 saturated heterocycles. The van der Waals surface area contributed by atoms with Crippen molar-refractivity contribution in [1.82, 2.24) is 14.9 Å². The number of rotatable bonds is 7. The zero-order valence-electron chi connectivity index (χ0n) is 16.3. The molecular formula is C21H29N5O. The van der Waals surface area contributed by atoms with E-state index in [1.807, 2.05) is 4.90 Å². The van der Waals surface area contributed by atoms with Crippen LogP contribution in [0.2, 0.25) is 0 Å². The Labute approximate surface area is 161 Å². The van der Waals surface area contributed by atoms with Gasteiger partial charge in [0.25, 0.3) is 5.91 Å². The summed E-state index contributed by atoms with van der Waals surface area (Å²) in [5.74, 6) is 0.600. The summed E-state index contributed by atoms with van der Waals surface area (Å²) in [4.78, 5) is 25.5. The van der Waals surface area contributed by atoms with Gasteiger partial charge in [-0.2, -0.15) is 0 Å². The fourth-order valence-corrected chi connectivity index (χ4v) is 3.28. The Bertz CT molecular complexity index is 738. The molecule has 1 aliphatic rings. The quantitative estimate of drug-likeness (QED) is 0.761. The van der Waals surface area contributed by atoms with Gasteiger partial charge in [0.05, 0.1) is 5.56 Å². The van der Waals surface area contributed by atoms with Gasteiger partial charge >= 0.3 is 0 Å². The van der Waals surface area contributed by atoms with E-state index in [1.165, 1.54) is 24.1 Å². The molecule has 0 spiro atoms. The van der Waals surface area contributed by atoms with Crippen molar-refractivity contribution in [3.05, 3.63) is 47.8 Å². The third kappa shape index (κ3) is 5.18. The molecule has 0 radical (unpaired) electrons. The lowest BCUT2D eigenvalue weighted by Crippen LogP contribution is -2.48. The number of hydrogen-bond acceptors (Lipinski definition) is 5. The summed E-state index contributed by atoms with van der Waals surface area (Å²) in [7, 11) is 0. The number of aryl methyl sites for hydroxylation is 1. The highest BCUT2D eigenvalue weighted by Gasteiger charge is 2.22. The minimum Gasteiger partial charge on any atom is -0.368 e. The lowest BCUT2D eigenvalue weighted by molar-refractivity contribution is 0.0746. The molecule has 3 rings (SSSR count). The van der Waals surface area contributed by atoms with Gasteiger partial charge in [-0.15, -0.1) is 0 Å². The first-order valence-corrected chi connectivity index (χ1v) is 9.84. The van der Waals surface area contributed by atoms with Crippen LogP contribution in [0.25, 0.3) is 0 Å². The molecule has 1 amide bonds. The maximum absolute atomic E-state index is 12.7. The first-order valence-electron chi connectivity index (χ1n) is 9.84. The van der Waals surface area contributed by atoms with Gasteiger partial charge in [-0.25, -0.2) is 9.97 Å². The van der Waals surface area contributed by atoms with E-state index in [1.54, 1.807) is 12.4 Å². The first kappa shape index (κ1) is 19.1. The number of nitrogens with one attached hydrogen (secondary N) is 1. The molecule has 0 bridgehead atoms. The Morgan fingerprint density at radius 2 is 1.85 bits per heavy atom. The molecule has 1 aliphatic heterocycles. The van der Waals surface area contributed by atoms with Gasteiger partial charge in [-0.05, 0) is 31.0 Å². The number of unbranched alkanes of at least 4 members (excludes halogenated alkanes) is 2. The number of nitrogens with zero attached hydrogens (tertiary/aromatic N) is 4. The third-order valence-electron chi connectivity index (χ3n) is 4.90. The Hall–Kier alpha value is -2.63. The van der Waals surface area contributed by atoms with Crippen LogP contribution in [-0.2, 0) is 0 Å². The highest BCUT2D eigenvalue weighted by Crippen LogP contribution is 2.18. The van der Waals surface area contributed by atoms with Gasteiger partial charge in [-0.3, -0.25) is 4.79 Å². The number of aromatic nitrogens is 2. The molecule has 0 atom stereocenters. The summed E-state index contributed by atoms with van der Waals surface area (Å²) in [5, 5.41) is 3.20. The zero-order chi connectivity index (χ0) is 19.1. The molecule has 0 unspecified atom stereocenters. The largest absolute Gasteiger partial charge is 0.368 e. The molecule has 1 fully saturated rings. The Morgan fingerprint density at radius 3 is 2.52 bits per heavy atom. The van der Waals surface area contributed by atoms with E-state index in [0.29, 0.717) is 24.6 Å². The van der Waals surface area contributed by atoms with Crippen molar-refractivity contribution in [2.75, 3.05) is 42.9 Å². The van der Waals surface area contributed by atoms with E-state index < -0.39 is 0 Å². The van der Waals surface area contributed by atoms with Crippen molar-refractivity contribution in [3.63, 3.8) is 0 Å². The smallest absolute Gasteiger partial charge is 0.257 e. The van der Waals surface area contributed by atoms with Crippen molar-refractivity contribution in [1.29, 1.82) is 0 Å². The standard InChI is InChI=1S/C21H29N5O/c1-3-4-5-9-22-21-23-15-18(16-24-21)20(27)26-12-10-25(11-13-26)19-8-6-7-17(2)14-19/h6-8,14-16H,3-5,9-13H2,1-2H3,(H,22,23,24). The van der Waals surface area contributed by atoms with Gasteiger partial charge in [0, 0.05) is 50.8 Å². The molecule has 1 aromatic heterocycles. The summed E-state index contributed by atoms with van der Waals surface area (Å²) >= 11 is 0. The molecule has 2 aromatic rings. The third-order valence-corrected chi connectivity index (χ3v) is 4.90. The van der Waals surface area contributed by atoms with Crippen molar-refractivity contribution in [2.45, 2.75) is 33.1 Å². The zero-order valence-corrected chi connectivity index (χ0v) is 16.3. The molecule has 144 valence electrons. The Balaban J connectivity index is 1.51. The maximum Gasteiger partial charge on any atom is 0.257 e. The Morgan fingerprint density at radius 1 is 1.11 bits per heavy atom. The van der Waals surface area contributed by atoms with E-state index in [-0.39, 0.29) is 5.91 Å². The summed E-state index contributed by atoms with van der Waals surface area (Å²) < 4.78 is 0. The van der Waals surface area contributed by atoms with Gasteiger partial charge in [0.1, 0.15) is 0 Å². The lowest BCUT2D eigenvalue weighted by atomic mass is 10.2. The van der Waals surface area contributed by atoms with Crippen LogP contribution in [0.15, 0.2) is 36.7 Å². The average Bonchev–Trinajstić information content (AvgIpc) is 2.71. The maximum atomic E-state index is 12.7. The first-order chi connectivity index (χ1) is 13.2. The lowest BCUT2D eigenvalue weighted by Gasteiger charge is -2.36. The van der Waals surface area contributed by atoms with Crippen molar-refractivity contribution < 1.29 is 4.79 Å². The number of hydrogen-bond donors (Lipinski definition) is 1. The monoisotopic (exact) mass is 367 g/mol. The number of carbonyl (C=O) groups excluding carboxylic acids is 1. The van der Waals surface area contributed by atoms with Gasteiger partial charge in [-0.1, -0.05) is 31.9 Å². The van der Waals surface area contributed by atoms with Crippen molar-refractivity contribution >= 4 is 17.5 Å². The van der Waals surface area contributed by atoms with Crippen LogP contribution in [0.4, 0.5) is 11.6 Å². The van der Waals surface area contributed by atoms with Crippen molar-refractivity contribution in [3.8, 4) is 0 Å². The van der Waals surface area contributed by atoms with Gasteiger partial charge in [0.2, 0.25) is 5.95 Å². The minimum absolute atomic E-state index is 0.0106. The van der Waals surface area contributed by atoms with E-state index in [4.69, 9.17) is 0 Å². The fraction of sp³-hybridized carbons (Fsp3) is 0.476. The van der Waals surface area contributed by atoms with Crippen LogP contribution in [0, 0.1) is 6.92 Å². The van der Waals surface area contributed by atoms with E-state index >= 15 is 0 Å². The number of piperazine rings is 1. The minimum atomic E-state index is 0.0106. The van der Waals surface area contributed by atoms with Crippen LogP contribution in [0.1, 0.15) is 42.1 Å². The van der Waals surface area contributed by atoms with E-state index in [0.717, 1.165) is 26.1 Å². The SMILES string of the molecule is CCCCCNc1ncc(C(=O)N2CCN(c3cccc(C)c3)CC2)cn1. The normalized spacial score (nSPS) is 14.3. The molecule has 27 heavy (non-hydrogen) atoms. The molecule has 0 saturated carbocycles.